The highest BCUT2D eigenvalue weighted by atomic mass is 35.5. The van der Waals surface area contributed by atoms with Crippen LogP contribution in [0.5, 0.6) is 0 Å². The maximum atomic E-state index is 12.6. The molecule has 0 saturated carbocycles. The molecular formula is C19H19ClF3N5O9S2. The molecule has 0 radical (unpaired) electrons. The molecule has 20 heteroatoms. The summed E-state index contributed by atoms with van der Waals surface area (Å²) in [7, 11) is 0. The van der Waals surface area contributed by atoms with E-state index >= 15 is 0 Å². The number of carbonyl (C=O) groups excluding carboxylic acids is 4. The number of aromatic amines is 1. The van der Waals surface area contributed by atoms with E-state index in [1.807, 2.05) is 0 Å². The average Bonchev–Trinajstić information content (AvgIpc) is 3.32. The third-order valence-corrected chi connectivity index (χ3v) is 7.10. The highest BCUT2D eigenvalue weighted by molar-refractivity contribution is 8.00. The van der Waals surface area contributed by atoms with Crippen LogP contribution in [0, 0.1) is 0 Å². The van der Waals surface area contributed by atoms with Crippen molar-refractivity contribution >= 4 is 70.3 Å². The number of ether oxygens (including phenoxy) is 1. The fourth-order valence-corrected chi connectivity index (χ4v) is 5.18. The molecule has 14 nitrogen and oxygen atoms in total. The molecule has 2 aliphatic rings. The number of hydrogen-bond acceptors (Lipinski definition) is 10. The molecule has 1 aromatic rings. The van der Waals surface area contributed by atoms with Crippen LogP contribution in [0.15, 0.2) is 21.6 Å². The predicted octanol–water partition coefficient (Wildman–Crippen LogP) is -0.323. The van der Waals surface area contributed by atoms with Gasteiger partial charge in [-0.1, -0.05) is 0 Å². The first-order chi connectivity index (χ1) is 18.1. The van der Waals surface area contributed by atoms with E-state index in [1.54, 1.807) is 0 Å². The van der Waals surface area contributed by atoms with Crippen molar-refractivity contribution < 1.29 is 56.9 Å². The van der Waals surface area contributed by atoms with Crippen LogP contribution in [0.3, 0.4) is 0 Å². The second-order valence-electron chi connectivity index (χ2n) is 7.47. The van der Waals surface area contributed by atoms with Gasteiger partial charge in [0, 0.05) is 23.6 Å². The number of nitrogens with one attached hydrogen (secondary N) is 2. The van der Waals surface area contributed by atoms with Crippen LogP contribution >= 0.6 is 34.7 Å². The molecule has 1 aromatic heterocycles. The summed E-state index contributed by atoms with van der Waals surface area (Å²) in [4.78, 5) is 75.9. The van der Waals surface area contributed by atoms with Gasteiger partial charge in [-0.3, -0.25) is 24.1 Å². The number of aliphatic carboxylic acids is 2. The first kappa shape index (κ1) is 31.8. The third kappa shape index (κ3) is 8.04. The Morgan fingerprint density at radius 2 is 1.95 bits per heavy atom. The number of aromatic nitrogens is 1. The van der Waals surface area contributed by atoms with Crippen molar-refractivity contribution in [2.75, 3.05) is 18.2 Å². The highest BCUT2D eigenvalue weighted by Gasteiger charge is 2.54. The second-order valence-corrected chi connectivity index (χ2v) is 9.70. The summed E-state index contributed by atoms with van der Waals surface area (Å²) in [5, 5.41) is 20.1. The zero-order valence-corrected chi connectivity index (χ0v) is 21.9. The molecule has 6 N–H and O–H groups in total. The van der Waals surface area contributed by atoms with Crippen molar-refractivity contribution in [1.29, 1.82) is 0 Å². The summed E-state index contributed by atoms with van der Waals surface area (Å²) in [6, 6.07) is -2.14. The van der Waals surface area contributed by atoms with Crippen LogP contribution in [0.2, 0.25) is 0 Å². The van der Waals surface area contributed by atoms with Crippen molar-refractivity contribution in [3.05, 3.63) is 27.1 Å². The second kappa shape index (κ2) is 13.1. The summed E-state index contributed by atoms with van der Waals surface area (Å²) in [6.07, 6.45) is -5.08. The molecule has 0 bridgehead atoms. The minimum atomic E-state index is -5.08. The number of amides is 3. The molecule has 3 rings (SSSR count). The third-order valence-electron chi connectivity index (χ3n) is 4.75. The number of rotatable bonds is 7. The van der Waals surface area contributed by atoms with Crippen molar-refractivity contribution in [2.24, 2.45) is 10.7 Å². The van der Waals surface area contributed by atoms with Crippen LogP contribution in [-0.4, -0.2) is 91.6 Å². The Kier molecular flexibility index (Phi) is 10.7. The van der Waals surface area contributed by atoms with Crippen molar-refractivity contribution in [3.8, 4) is 0 Å². The number of esters is 1. The molecule has 3 heterocycles. The van der Waals surface area contributed by atoms with Gasteiger partial charge < -0.3 is 31.0 Å². The molecular weight excluding hydrogens is 599 g/mol. The van der Waals surface area contributed by atoms with Crippen molar-refractivity contribution in [1.82, 2.24) is 15.2 Å². The van der Waals surface area contributed by atoms with E-state index < -0.39 is 59.3 Å². The lowest BCUT2D eigenvalue weighted by molar-refractivity contribution is -0.192. The van der Waals surface area contributed by atoms with Crippen molar-refractivity contribution in [2.45, 2.75) is 30.6 Å². The zero-order chi connectivity index (χ0) is 29.7. The average molecular weight is 618 g/mol. The van der Waals surface area contributed by atoms with E-state index in [0.717, 1.165) is 16.2 Å². The first-order valence-electron chi connectivity index (χ1n) is 10.3. The molecule has 2 aliphatic heterocycles. The summed E-state index contributed by atoms with van der Waals surface area (Å²) >= 11 is 7.69. The van der Waals surface area contributed by atoms with Crippen LogP contribution in [0.25, 0.3) is 0 Å². The van der Waals surface area contributed by atoms with E-state index in [-0.39, 0.29) is 34.4 Å². The zero-order valence-electron chi connectivity index (χ0n) is 19.5. The summed E-state index contributed by atoms with van der Waals surface area (Å²) in [6.45, 7) is 0.955. The van der Waals surface area contributed by atoms with Crippen LogP contribution < -0.4 is 15.9 Å². The van der Waals surface area contributed by atoms with E-state index in [9.17, 15) is 42.3 Å². The van der Waals surface area contributed by atoms with Crippen LogP contribution in [0.4, 0.5) is 13.2 Å². The normalized spacial score (nSPS) is 19.7. The number of alkyl halides is 4. The minimum Gasteiger partial charge on any atom is -0.477 e. The Labute approximate surface area is 229 Å². The Hall–Kier alpha value is -3.42. The van der Waals surface area contributed by atoms with Gasteiger partial charge in [0.1, 0.15) is 35.6 Å². The number of nitrogens with zero attached hydrogens (tertiary/aromatic N) is 2. The number of H-pyrrole nitrogens is 1. The van der Waals surface area contributed by atoms with Gasteiger partial charge in [-0.15, -0.1) is 34.7 Å². The van der Waals surface area contributed by atoms with Gasteiger partial charge in [0.05, 0.1) is 5.69 Å². The number of fused-ring (bicyclic) bond motifs is 1. The molecule has 1 saturated heterocycles. The van der Waals surface area contributed by atoms with Gasteiger partial charge in [-0.2, -0.15) is 18.2 Å². The van der Waals surface area contributed by atoms with Crippen molar-refractivity contribution in [3.63, 3.8) is 0 Å². The van der Waals surface area contributed by atoms with Gasteiger partial charge in [0.15, 0.2) is 4.80 Å². The molecule has 39 heavy (non-hydrogen) atoms. The Morgan fingerprint density at radius 3 is 2.46 bits per heavy atom. The van der Waals surface area contributed by atoms with Gasteiger partial charge in [0.2, 0.25) is 5.91 Å². The van der Waals surface area contributed by atoms with E-state index in [1.165, 1.54) is 24.1 Å². The predicted molar refractivity (Wildman–Crippen MR) is 127 cm³/mol. The number of halogens is 4. The number of thiazole rings is 1. The largest absolute Gasteiger partial charge is 0.490 e. The van der Waals surface area contributed by atoms with E-state index in [0.29, 0.717) is 5.57 Å². The molecule has 1 fully saturated rings. The van der Waals surface area contributed by atoms with E-state index in [2.05, 4.69) is 15.3 Å². The maximum absolute atomic E-state index is 12.6. The molecule has 0 aliphatic carbocycles. The fraction of sp³-hybridized carbons (Fsp3) is 0.421. The van der Waals surface area contributed by atoms with Crippen LogP contribution in [0.1, 0.15) is 18.7 Å². The minimum absolute atomic E-state index is 0.208. The lowest BCUT2D eigenvalue weighted by Gasteiger charge is -2.49. The SMILES string of the molecule is CC(=O)OCC1=C(C(=O)O)N2C(=O)[C@@H](NC(=O)C(N)c3cs/c(=N/C(=O)CCl)[nH]3)[C@H]2SC1.O=C(O)C(F)(F)F. The topological polar surface area (TPSA) is 222 Å². The number of hydrogen-bond donors (Lipinski definition) is 5. The lowest BCUT2D eigenvalue weighted by Crippen LogP contribution is -2.71. The Bertz CT molecular complexity index is 1280. The van der Waals surface area contributed by atoms with Crippen LogP contribution in [-0.2, 0) is 33.5 Å². The van der Waals surface area contributed by atoms with Gasteiger partial charge in [0.25, 0.3) is 11.8 Å². The monoisotopic (exact) mass is 617 g/mol. The van der Waals surface area contributed by atoms with Gasteiger partial charge in [-0.25, -0.2) is 9.59 Å². The standard InChI is InChI=1S/C17H18ClN5O7S2.C2HF3O2/c1-6(24)30-3-7-4-31-15-11(14(27)23(15)12(7)16(28)29)22-13(26)10(19)8-5-32-17(20-8)21-9(25)2-18;3-2(4,5)1(6)7/h5,10-11,15H,2-4,19H2,1H3,(H,22,26)(H,28,29)(H,20,21,25);(H,6,7)/t10?,11-,15-;/m1./s1. The van der Waals surface area contributed by atoms with Gasteiger partial charge >= 0.3 is 24.1 Å². The van der Waals surface area contributed by atoms with E-state index in [4.69, 9.17) is 32.0 Å². The fourth-order valence-electron chi connectivity index (χ4n) is 3.02. The maximum Gasteiger partial charge on any atom is 0.490 e. The molecule has 214 valence electrons. The smallest absolute Gasteiger partial charge is 0.477 e. The molecule has 1 unspecified atom stereocenters. The summed E-state index contributed by atoms with van der Waals surface area (Å²) in [5.41, 5.74) is 6.27. The first-order valence-corrected chi connectivity index (χ1v) is 12.7. The summed E-state index contributed by atoms with van der Waals surface area (Å²) in [5.74, 6) is -6.58. The number of carboxylic acids is 2. The molecule has 3 amide bonds. The molecule has 0 aromatic carbocycles. The number of thioether (sulfide) groups is 1. The molecule has 0 spiro atoms. The Balaban J connectivity index is 0.000000673. The number of carbonyl (C=O) groups is 6. The summed E-state index contributed by atoms with van der Waals surface area (Å²) < 4.78 is 36.6. The molecule has 3 atom stereocenters. The number of β-lactam (4-membered cyclic amide) rings is 1. The lowest BCUT2D eigenvalue weighted by atomic mass is 10.0. The van der Waals surface area contributed by atoms with Gasteiger partial charge in [-0.05, 0) is 0 Å². The Morgan fingerprint density at radius 1 is 1.33 bits per heavy atom. The highest BCUT2D eigenvalue weighted by Crippen LogP contribution is 2.40. The quantitative estimate of drug-likeness (QED) is 0.151. The number of carboxylic acid groups (broad SMARTS) is 2. The number of nitrogens with two attached hydrogens (primary N) is 1.